The third-order valence-electron chi connectivity index (χ3n) is 12.9. The van der Waals surface area contributed by atoms with Crippen molar-refractivity contribution >= 4 is 5.78 Å². The number of fused-ring (bicyclic) bond motifs is 6. The summed E-state index contributed by atoms with van der Waals surface area (Å²) < 4.78 is 13.8. The number of phenolic OH excluding ortho intramolecular Hbond substituents is 1. The van der Waals surface area contributed by atoms with E-state index in [1.807, 2.05) is 12.1 Å². The van der Waals surface area contributed by atoms with Gasteiger partial charge in [-0.1, -0.05) is 81.2 Å². The summed E-state index contributed by atoms with van der Waals surface area (Å²) in [5.41, 5.74) is 6.05. The van der Waals surface area contributed by atoms with Crippen molar-refractivity contribution in [1.82, 2.24) is 0 Å². The molecule has 0 bridgehead atoms. The second kappa shape index (κ2) is 11.0. The van der Waals surface area contributed by atoms with Gasteiger partial charge < -0.3 is 19.7 Å². The van der Waals surface area contributed by atoms with Gasteiger partial charge in [-0.05, 0) is 107 Å². The van der Waals surface area contributed by atoms with Crippen molar-refractivity contribution in [2.24, 2.45) is 16.7 Å². The Kier molecular flexibility index (Phi) is 7.92. The van der Waals surface area contributed by atoms with Crippen molar-refractivity contribution in [3.05, 3.63) is 69.3 Å². The Morgan fingerprint density at radius 3 is 2.17 bits per heavy atom. The lowest BCUT2D eigenvalue weighted by atomic mass is 9.48. The number of rotatable bonds is 5. The molecule has 5 heteroatoms. The van der Waals surface area contributed by atoms with E-state index in [0.717, 1.165) is 64.8 Å². The number of benzene rings is 2. The van der Waals surface area contributed by atoms with Crippen molar-refractivity contribution in [2.75, 3.05) is 7.11 Å². The van der Waals surface area contributed by atoms with Crippen molar-refractivity contribution in [3.63, 3.8) is 0 Å². The predicted molar refractivity (Wildman–Crippen MR) is 184 cm³/mol. The Morgan fingerprint density at radius 2 is 1.54 bits per heavy atom. The number of carbonyl (C=O) groups excluding carboxylic acids is 1. The maximum atomic E-state index is 13.8. The average molecular weight is 629 g/mol. The van der Waals surface area contributed by atoms with Gasteiger partial charge in [0.15, 0.2) is 5.78 Å². The number of hydrogen-bond donors (Lipinski definition) is 2. The van der Waals surface area contributed by atoms with Crippen LogP contribution in [-0.2, 0) is 15.6 Å². The van der Waals surface area contributed by atoms with Crippen LogP contribution in [-0.4, -0.2) is 35.3 Å². The summed E-state index contributed by atoms with van der Waals surface area (Å²) in [6.07, 6.45) is 5.27. The fourth-order valence-corrected chi connectivity index (χ4v) is 10.3. The number of ether oxygens (including phenoxy) is 2. The Hall–Kier alpha value is -2.63. The number of ketones is 1. The van der Waals surface area contributed by atoms with E-state index in [1.54, 1.807) is 7.11 Å². The van der Waals surface area contributed by atoms with Gasteiger partial charge in [0, 0.05) is 29.4 Å². The van der Waals surface area contributed by atoms with Gasteiger partial charge in [0.05, 0.1) is 6.10 Å². The van der Waals surface area contributed by atoms with Gasteiger partial charge in [-0.25, -0.2) is 0 Å². The molecule has 0 amide bonds. The second-order valence-electron chi connectivity index (χ2n) is 17.2. The van der Waals surface area contributed by atoms with E-state index in [4.69, 9.17) is 9.47 Å². The minimum atomic E-state index is -0.499. The van der Waals surface area contributed by atoms with Crippen LogP contribution in [0.4, 0.5) is 0 Å². The Labute approximate surface area is 276 Å². The molecule has 4 aliphatic carbocycles. The van der Waals surface area contributed by atoms with Gasteiger partial charge in [-0.3, -0.25) is 4.79 Å². The van der Waals surface area contributed by atoms with Gasteiger partial charge in [-0.2, -0.15) is 0 Å². The molecule has 0 spiro atoms. The summed E-state index contributed by atoms with van der Waals surface area (Å²) in [4.78, 5) is 13.8. The molecular weight excluding hydrogens is 572 g/mol. The third kappa shape index (κ3) is 4.73. The van der Waals surface area contributed by atoms with Crippen LogP contribution >= 0.6 is 0 Å². The van der Waals surface area contributed by atoms with E-state index in [1.165, 1.54) is 5.57 Å². The maximum Gasteiger partial charge on any atom is 0.186 e. The number of carbonyl (C=O) groups is 1. The molecule has 2 aromatic carbocycles. The molecule has 0 heterocycles. The smallest absolute Gasteiger partial charge is 0.186 e. The van der Waals surface area contributed by atoms with Crippen molar-refractivity contribution in [1.29, 1.82) is 0 Å². The third-order valence-corrected chi connectivity index (χ3v) is 12.9. The van der Waals surface area contributed by atoms with Gasteiger partial charge in [0.25, 0.3) is 0 Å². The SMILES string of the molecule is CO[C@@H]1c2cc(C(C)C)c(O)cc2[C@@]2(C)CC[C@H](O)C(C)(C)C2[C@H]1Oc1cc2c(cc1C(C)C)C(=O)C=C1C(C)(C)CCC[C@@]12C. The Morgan fingerprint density at radius 1 is 0.870 bits per heavy atom. The first-order chi connectivity index (χ1) is 21.4. The minimum absolute atomic E-state index is 0.0456. The lowest BCUT2D eigenvalue weighted by molar-refractivity contribution is -0.151. The van der Waals surface area contributed by atoms with Gasteiger partial charge >= 0.3 is 0 Å². The van der Waals surface area contributed by atoms with Crippen LogP contribution in [0.15, 0.2) is 35.9 Å². The van der Waals surface area contributed by atoms with Gasteiger partial charge in [0.1, 0.15) is 23.7 Å². The number of aliphatic hydroxyl groups is 1. The minimum Gasteiger partial charge on any atom is -0.508 e. The fraction of sp³-hybridized carbons (Fsp3) is 0.634. The van der Waals surface area contributed by atoms with Crippen LogP contribution < -0.4 is 4.74 Å². The Bertz CT molecular complexity index is 1590. The number of phenols is 1. The van der Waals surface area contributed by atoms with Crippen LogP contribution in [0.1, 0.15) is 157 Å². The van der Waals surface area contributed by atoms with Crippen molar-refractivity contribution < 1.29 is 24.5 Å². The van der Waals surface area contributed by atoms with E-state index >= 15 is 0 Å². The number of hydrogen-bond acceptors (Lipinski definition) is 5. The number of methoxy groups -OCH3 is 1. The van der Waals surface area contributed by atoms with Crippen LogP contribution in [0.2, 0.25) is 0 Å². The fourth-order valence-electron chi connectivity index (χ4n) is 10.3. The molecule has 6 rings (SSSR count). The number of aromatic hydroxyl groups is 1. The first-order valence-electron chi connectivity index (χ1n) is 17.6. The molecule has 2 N–H and O–H groups in total. The van der Waals surface area contributed by atoms with Crippen molar-refractivity contribution in [2.45, 2.75) is 142 Å². The van der Waals surface area contributed by atoms with Gasteiger partial charge in [-0.15, -0.1) is 0 Å². The largest absolute Gasteiger partial charge is 0.508 e. The molecule has 0 aromatic heterocycles. The molecule has 2 fully saturated rings. The van der Waals surface area contributed by atoms with Crippen molar-refractivity contribution in [3.8, 4) is 11.5 Å². The molecule has 5 nitrogen and oxygen atoms in total. The second-order valence-corrected chi connectivity index (χ2v) is 17.2. The molecule has 0 saturated heterocycles. The van der Waals surface area contributed by atoms with E-state index in [9.17, 15) is 15.0 Å². The molecule has 250 valence electrons. The lowest BCUT2D eigenvalue weighted by Gasteiger charge is -2.60. The lowest BCUT2D eigenvalue weighted by Crippen LogP contribution is -2.61. The topological polar surface area (TPSA) is 76.0 Å². The van der Waals surface area contributed by atoms with Crippen LogP contribution in [0.3, 0.4) is 0 Å². The highest BCUT2D eigenvalue weighted by Crippen LogP contribution is 2.62. The molecule has 4 aliphatic rings. The molecule has 1 unspecified atom stereocenters. The van der Waals surface area contributed by atoms with Crippen LogP contribution in [0, 0.1) is 16.7 Å². The Balaban J connectivity index is 1.57. The molecule has 46 heavy (non-hydrogen) atoms. The average Bonchev–Trinajstić information content (AvgIpc) is 2.96. The van der Waals surface area contributed by atoms with E-state index < -0.39 is 23.7 Å². The van der Waals surface area contributed by atoms with Gasteiger partial charge in [0.2, 0.25) is 0 Å². The van der Waals surface area contributed by atoms with E-state index in [-0.39, 0.29) is 39.8 Å². The first kappa shape index (κ1) is 33.3. The summed E-state index contributed by atoms with van der Waals surface area (Å²) in [6, 6.07) is 8.40. The maximum absolute atomic E-state index is 13.8. The summed E-state index contributed by atoms with van der Waals surface area (Å²) >= 11 is 0. The molecular formula is C41H56O5. The highest BCUT2D eigenvalue weighted by molar-refractivity contribution is 6.08. The molecule has 0 radical (unpaired) electrons. The monoisotopic (exact) mass is 628 g/mol. The highest BCUT2D eigenvalue weighted by Gasteiger charge is 2.61. The van der Waals surface area contributed by atoms with Crippen LogP contribution in [0.25, 0.3) is 0 Å². The quantitative estimate of drug-likeness (QED) is 0.345. The summed E-state index contributed by atoms with van der Waals surface area (Å²) in [7, 11) is 1.75. The summed E-state index contributed by atoms with van der Waals surface area (Å²) in [6.45, 7) is 22.0. The first-order valence-corrected chi connectivity index (χ1v) is 17.6. The van der Waals surface area contributed by atoms with Crippen LogP contribution in [0.5, 0.6) is 11.5 Å². The standard InChI is InChI=1S/C41H56O5/c1-22(2)24-17-27-28(19-30(24)42)41(10)16-13-34(44)39(7,8)37(41)36(35(27)45-11)46-32-20-29-26(18-25(32)23(3)4)31(43)21-33-38(5,6)14-12-15-40(29,33)9/h17-23,34-37,42,44H,12-16H2,1-11H3/t34-,35+,36-,37?,40+,41+/m0/s1. The zero-order valence-electron chi connectivity index (χ0n) is 30.0. The molecule has 2 aromatic rings. The summed E-state index contributed by atoms with van der Waals surface area (Å²) in [5, 5.41) is 22.7. The molecule has 6 atom stereocenters. The number of allylic oxidation sites excluding steroid dienone is 2. The highest BCUT2D eigenvalue weighted by atomic mass is 16.5. The zero-order valence-corrected chi connectivity index (χ0v) is 30.0. The predicted octanol–water partition coefficient (Wildman–Crippen LogP) is 9.43. The normalized spacial score (nSPS) is 32.7. The number of aliphatic hydroxyl groups excluding tert-OH is 1. The molecule has 0 aliphatic heterocycles. The van der Waals surface area contributed by atoms with E-state index in [0.29, 0.717) is 12.2 Å². The molecule has 2 saturated carbocycles. The summed E-state index contributed by atoms with van der Waals surface area (Å²) in [5.74, 6) is 1.39. The zero-order chi connectivity index (χ0) is 33.7. The van der Waals surface area contributed by atoms with E-state index in [2.05, 4.69) is 87.4 Å².